The number of aromatic nitrogens is 4. The summed E-state index contributed by atoms with van der Waals surface area (Å²) >= 11 is 6.43. The molecule has 1 amide bonds. The van der Waals surface area contributed by atoms with E-state index < -0.39 is 0 Å². The lowest BCUT2D eigenvalue weighted by atomic mass is 9.98. The molecule has 174 valence electrons. The Morgan fingerprint density at radius 3 is 2.82 bits per heavy atom. The number of nitrogens with zero attached hydrogens (tertiary/aromatic N) is 7. The zero-order valence-corrected chi connectivity index (χ0v) is 19.7. The number of amides is 1. The summed E-state index contributed by atoms with van der Waals surface area (Å²) < 4.78 is 2.00. The third kappa shape index (κ3) is 4.47. The number of hydrogen-bond donors (Lipinski definition) is 1. The number of pyridine rings is 1. The largest absolute Gasteiger partial charge is 0.353 e. The van der Waals surface area contributed by atoms with E-state index in [2.05, 4.69) is 37.0 Å². The Hall–Kier alpha value is -2.91. The van der Waals surface area contributed by atoms with Crippen molar-refractivity contribution >= 4 is 34.9 Å². The molecular weight excluding hydrogens is 440 g/mol. The van der Waals surface area contributed by atoms with Crippen LogP contribution in [-0.2, 0) is 4.79 Å². The van der Waals surface area contributed by atoms with Crippen molar-refractivity contribution in [2.24, 2.45) is 5.92 Å². The topological polar surface area (TPSA) is 81.9 Å². The Kier molecular flexibility index (Phi) is 6.07. The lowest BCUT2D eigenvalue weighted by molar-refractivity contribution is -0.126. The van der Waals surface area contributed by atoms with Gasteiger partial charge in [-0.15, -0.1) is 0 Å². The molecule has 0 bridgehead atoms. The standard InChI is InChI=1S/C23H29ClN8O/c1-16(19-13-25-20-6-3-4-9-32(19)20)27-22(33)17-14-31(15-17)21-18(24)12-26-23(28-21)30-8-5-7-29(2)10-11-30/h3-4,6,9,12-13,16-17H,5,7-8,10-11,14-15H2,1-2H3,(H,27,33). The molecular formula is C23H29ClN8O. The van der Waals surface area contributed by atoms with Crippen LogP contribution in [-0.4, -0.2) is 76.5 Å². The van der Waals surface area contributed by atoms with Crippen molar-refractivity contribution in [3.05, 3.63) is 47.5 Å². The molecule has 9 nitrogen and oxygen atoms in total. The molecule has 5 heterocycles. The first-order valence-corrected chi connectivity index (χ1v) is 11.8. The molecule has 1 atom stereocenters. The van der Waals surface area contributed by atoms with E-state index >= 15 is 0 Å². The molecule has 3 aromatic rings. The van der Waals surface area contributed by atoms with Gasteiger partial charge in [0.25, 0.3) is 0 Å². The number of fused-ring (bicyclic) bond motifs is 1. The maximum atomic E-state index is 12.9. The number of carbonyl (C=O) groups excluding carboxylic acids is 1. The van der Waals surface area contributed by atoms with E-state index in [1.165, 1.54) is 0 Å². The number of carbonyl (C=O) groups is 1. The first-order valence-electron chi connectivity index (χ1n) is 11.4. The molecule has 10 heteroatoms. The van der Waals surface area contributed by atoms with Crippen molar-refractivity contribution in [1.29, 1.82) is 0 Å². The molecule has 0 aliphatic carbocycles. The van der Waals surface area contributed by atoms with Gasteiger partial charge in [0.2, 0.25) is 11.9 Å². The van der Waals surface area contributed by atoms with Crippen LogP contribution in [0.3, 0.4) is 0 Å². The van der Waals surface area contributed by atoms with E-state index in [-0.39, 0.29) is 17.9 Å². The Morgan fingerprint density at radius 2 is 1.97 bits per heavy atom. The second-order valence-electron chi connectivity index (χ2n) is 8.93. The summed E-state index contributed by atoms with van der Waals surface area (Å²) in [5.41, 5.74) is 1.83. The zero-order valence-electron chi connectivity index (χ0n) is 19.0. The van der Waals surface area contributed by atoms with Gasteiger partial charge in [-0.3, -0.25) is 4.79 Å². The molecule has 0 aromatic carbocycles. The van der Waals surface area contributed by atoms with Crippen LogP contribution >= 0.6 is 11.6 Å². The SMILES string of the molecule is CC(NC(=O)C1CN(c2nc(N3CCCN(C)CC3)ncc2Cl)C1)c1cnc2ccccn12. The summed E-state index contributed by atoms with van der Waals surface area (Å²) in [5.74, 6) is 1.34. The van der Waals surface area contributed by atoms with E-state index in [1.807, 2.05) is 41.9 Å². The van der Waals surface area contributed by atoms with Crippen molar-refractivity contribution < 1.29 is 4.79 Å². The molecule has 1 unspecified atom stereocenters. The fraction of sp³-hybridized carbons (Fsp3) is 0.478. The van der Waals surface area contributed by atoms with Crippen LogP contribution in [0.5, 0.6) is 0 Å². The number of nitrogens with one attached hydrogen (secondary N) is 1. The minimum absolute atomic E-state index is 0.0330. The predicted molar refractivity (Wildman–Crippen MR) is 129 cm³/mol. The van der Waals surface area contributed by atoms with Crippen LogP contribution in [0.2, 0.25) is 5.02 Å². The fourth-order valence-electron chi connectivity index (χ4n) is 4.46. The van der Waals surface area contributed by atoms with Gasteiger partial charge >= 0.3 is 0 Å². The Morgan fingerprint density at radius 1 is 1.12 bits per heavy atom. The summed E-state index contributed by atoms with van der Waals surface area (Å²) in [6, 6.07) is 5.72. The molecule has 2 aliphatic heterocycles. The molecule has 2 fully saturated rings. The Labute approximate surface area is 198 Å². The van der Waals surface area contributed by atoms with Gasteiger partial charge in [-0.1, -0.05) is 17.7 Å². The third-order valence-electron chi connectivity index (χ3n) is 6.52. The average molecular weight is 469 g/mol. The third-order valence-corrected chi connectivity index (χ3v) is 6.78. The van der Waals surface area contributed by atoms with Gasteiger partial charge in [0.1, 0.15) is 10.7 Å². The second-order valence-corrected chi connectivity index (χ2v) is 9.34. The molecule has 0 radical (unpaired) electrons. The lowest BCUT2D eigenvalue weighted by Gasteiger charge is -2.40. The minimum Gasteiger partial charge on any atom is -0.353 e. The molecule has 33 heavy (non-hydrogen) atoms. The second kappa shape index (κ2) is 9.15. The van der Waals surface area contributed by atoms with Crippen LogP contribution in [0.4, 0.5) is 11.8 Å². The quantitative estimate of drug-likeness (QED) is 0.614. The van der Waals surface area contributed by atoms with Gasteiger partial charge < -0.3 is 24.4 Å². The number of halogens is 1. The highest BCUT2D eigenvalue weighted by Crippen LogP contribution is 2.31. The van der Waals surface area contributed by atoms with Gasteiger partial charge in [0.15, 0.2) is 5.82 Å². The molecule has 3 aromatic heterocycles. The molecule has 0 spiro atoms. The first kappa shape index (κ1) is 21.9. The molecule has 5 rings (SSSR count). The normalized spacial score (nSPS) is 18.8. The van der Waals surface area contributed by atoms with Crippen LogP contribution in [0.15, 0.2) is 36.8 Å². The summed E-state index contributed by atoms with van der Waals surface area (Å²) in [4.78, 5) is 33.1. The first-order chi connectivity index (χ1) is 16.0. The van der Waals surface area contributed by atoms with Gasteiger partial charge in [-0.25, -0.2) is 9.97 Å². The Balaban J connectivity index is 1.21. The van der Waals surface area contributed by atoms with Crippen molar-refractivity contribution in [2.75, 3.05) is 56.1 Å². The van der Waals surface area contributed by atoms with Crippen molar-refractivity contribution in [3.8, 4) is 0 Å². The van der Waals surface area contributed by atoms with Crippen LogP contribution in [0, 0.1) is 5.92 Å². The highest BCUT2D eigenvalue weighted by atomic mass is 35.5. The van der Waals surface area contributed by atoms with E-state index in [1.54, 1.807) is 6.20 Å². The monoisotopic (exact) mass is 468 g/mol. The number of hydrogen-bond acceptors (Lipinski definition) is 7. The molecule has 0 saturated carbocycles. The van der Waals surface area contributed by atoms with E-state index in [4.69, 9.17) is 16.6 Å². The maximum absolute atomic E-state index is 12.9. The van der Waals surface area contributed by atoms with Crippen LogP contribution in [0.1, 0.15) is 25.1 Å². The van der Waals surface area contributed by atoms with E-state index in [0.29, 0.717) is 29.9 Å². The van der Waals surface area contributed by atoms with Crippen LogP contribution in [0.25, 0.3) is 5.65 Å². The number of likely N-dealkylation sites (N-methyl/N-ethyl adjacent to an activating group) is 1. The van der Waals surface area contributed by atoms with E-state index in [9.17, 15) is 4.79 Å². The van der Waals surface area contributed by atoms with Gasteiger partial charge in [0, 0.05) is 38.9 Å². The molecule has 1 N–H and O–H groups in total. The number of anilines is 2. The van der Waals surface area contributed by atoms with Crippen molar-refractivity contribution in [3.63, 3.8) is 0 Å². The highest BCUT2D eigenvalue weighted by molar-refractivity contribution is 6.32. The van der Waals surface area contributed by atoms with Crippen molar-refractivity contribution in [2.45, 2.75) is 19.4 Å². The summed E-state index contributed by atoms with van der Waals surface area (Å²) in [5, 5.41) is 3.65. The average Bonchev–Trinajstić information content (AvgIpc) is 3.09. The summed E-state index contributed by atoms with van der Waals surface area (Å²) in [7, 11) is 2.14. The van der Waals surface area contributed by atoms with Gasteiger partial charge in [-0.2, -0.15) is 4.98 Å². The number of imidazole rings is 1. The van der Waals surface area contributed by atoms with Crippen LogP contribution < -0.4 is 15.1 Å². The minimum atomic E-state index is -0.139. The molecule has 2 aliphatic rings. The maximum Gasteiger partial charge on any atom is 0.227 e. The molecule has 2 saturated heterocycles. The summed E-state index contributed by atoms with van der Waals surface area (Å²) in [6.45, 7) is 7.04. The predicted octanol–water partition coefficient (Wildman–Crippen LogP) is 2.23. The fourth-order valence-corrected chi connectivity index (χ4v) is 4.68. The van der Waals surface area contributed by atoms with Crippen molar-refractivity contribution in [1.82, 2.24) is 29.6 Å². The van der Waals surface area contributed by atoms with Gasteiger partial charge in [0.05, 0.1) is 30.0 Å². The lowest BCUT2D eigenvalue weighted by Crippen LogP contribution is -2.54. The summed E-state index contributed by atoms with van der Waals surface area (Å²) in [6.07, 6.45) is 6.53. The Bertz CT molecular complexity index is 1140. The zero-order chi connectivity index (χ0) is 22.9. The highest BCUT2D eigenvalue weighted by Gasteiger charge is 2.35. The van der Waals surface area contributed by atoms with E-state index in [0.717, 1.165) is 43.9 Å². The van der Waals surface area contributed by atoms with Gasteiger partial charge in [-0.05, 0) is 39.1 Å². The smallest absolute Gasteiger partial charge is 0.227 e. The number of rotatable bonds is 5.